The molecule has 0 aliphatic rings. The normalized spacial score (nSPS) is 10.8. The maximum absolute atomic E-state index is 12.8. The molecule has 6 nitrogen and oxygen atoms in total. The highest BCUT2D eigenvalue weighted by molar-refractivity contribution is 6.34. The van der Waals surface area contributed by atoms with Gasteiger partial charge >= 0.3 is 5.97 Å². The second kappa shape index (κ2) is 10.6. The molecule has 1 N–H and O–H groups in total. The highest BCUT2D eigenvalue weighted by atomic mass is 35.5. The van der Waals surface area contributed by atoms with Crippen molar-refractivity contribution in [1.82, 2.24) is 4.57 Å². The molecule has 0 aliphatic heterocycles. The molecule has 0 radical (unpaired) electrons. The molecule has 3 rings (SSSR count). The van der Waals surface area contributed by atoms with Crippen LogP contribution in [0.2, 0.25) is 10.0 Å². The lowest BCUT2D eigenvalue weighted by Gasteiger charge is -2.17. The van der Waals surface area contributed by atoms with E-state index >= 15 is 0 Å². The predicted octanol–water partition coefficient (Wildman–Crippen LogP) is 5.38. The minimum absolute atomic E-state index is 0.0190. The van der Waals surface area contributed by atoms with Gasteiger partial charge in [-0.2, -0.15) is 0 Å². The van der Waals surface area contributed by atoms with Crippen molar-refractivity contribution >= 4 is 29.2 Å². The number of hydrogen-bond donors (Lipinski definition) is 1. The van der Waals surface area contributed by atoms with Gasteiger partial charge in [-0.05, 0) is 61.7 Å². The van der Waals surface area contributed by atoms with Gasteiger partial charge in [0.2, 0.25) is 0 Å². The van der Waals surface area contributed by atoms with Gasteiger partial charge in [0.05, 0.1) is 22.9 Å². The summed E-state index contributed by atoms with van der Waals surface area (Å²) >= 11 is 12.5. The number of rotatable bonds is 9. The highest BCUT2D eigenvalue weighted by Gasteiger charge is 2.15. The molecule has 0 amide bonds. The van der Waals surface area contributed by atoms with Crippen LogP contribution in [0.5, 0.6) is 11.5 Å². The second-order valence-electron chi connectivity index (χ2n) is 7.17. The molecule has 0 aliphatic carbocycles. The lowest BCUT2D eigenvalue weighted by atomic mass is 10.1. The number of halogens is 2. The van der Waals surface area contributed by atoms with Gasteiger partial charge in [-0.15, -0.1) is 0 Å². The first-order valence-electron chi connectivity index (χ1n) is 10.1. The fourth-order valence-electron chi connectivity index (χ4n) is 3.22. The van der Waals surface area contributed by atoms with E-state index in [0.717, 1.165) is 11.1 Å². The first-order valence-corrected chi connectivity index (χ1v) is 10.8. The summed E-state index contributed by atoms with van der Waals surface area (Å²) < 4.78 is 13.1. The van der Waals surface area contributed by atoms with E-state index in [1.807, 2.05) is 32.0 Å². The average molecular weight is 476 g/mol. The maximum Gasteiger partial charge on any atom is 0.335 e. The van der Waals surface area contributed by atoms with E-state index in [4.69, 9.17) is 37.8 Å². The van der Waals surface area contributed by atoms with Crippen LogP contribution in [0.3, 0.4) is 0 Å². The van der Waals surface area contributed by atoms with Crippen molar-refractivity contribution in [2.24, 2.45) is 0 Å². The standard InChI is InChI=1S/C24H23Cl2NO5/c1-3-31-21-9-4-15(2)12-22(21)32-14-20-18(25)13-19(26)23(28)27(20)11-10-16-5-7-17(8-6-16)24(29)30/h4-9,12-13H,3,10-11,14H2,1-2H3,(H,29,30). The van der Waals surface area contributed by atoms with E-state index in [1.165, 1.54) is 22.8 Å². The second-order valence-corrected chi connectivity index (χ2v) is 7.98. The zero-order valence-corrected chi connectivity index (χ0v) is 19.2. The zero-order chi connectivity index (χ0) is 23.3. The molecule has 0 saturated heterocycles. The Hall–Kier alpha value is -2.96. The summed E-state index contributed by atoms with van der Waals surface area (Å²) in [6, 6.07) is 13.5. The average Bonchev–Trinajstić information content (AvgIpc) is 2.76. The van der Waals surface area contributed by atoms with Crippen LogP contribution in [0.4, 0.5) is 0 Å². The van der Waals surface area contributed by atoms with Gasteiger partial charge in [-0.3, -0.25) is 4.79 Å². The Morgan fingerprint density at radius 3 is 2.38 bits per heavy atom. The molecular weight excluding hydrogens is 453 g/mol. The van der Waals surface area contributed by atoms with Crippen molar-refractivity contribution < 1.29 is 19.4 Å². The third-order valence-corrected chi connectivity index (χ3v) is 5.49. The number of nitrogens with zero attached hydrogens (tertiary/aromatic N) is 1. The molecule has 0 bridgehead atoms. The van der Waals surface area contributed by atoms with Crippen molar-refractivity contribution in [3.8, 4) is 11.5 Å². The van der Waals surface area contributed by atoms with Crippen LogP contribution in [0.15, 0.2) is 53.3 Å². The number of hydrogen-bond acceptors (Lipinski definition) is 4. The van der Waals surface area contributed by atoms with E-state index in [1.54, 1.807) is 12.1 Å². The van der Waals surface area contributed by atoms with Gasteiger partial charge in [-0.25, -0.2) is 4.79 Å². The number of carbonyl (C=O) groups is 1. The van der Waals surface area contributed by atoms with Gasteiger partial charge in [0, 0.05) is 6.54 Å². The maximum atomic E-state index is 12.8. The Morgan fingerprint density at radius 1 is 1.00 bits per heavy atom. The summed E-state index contributed by atoms with van der Waals surface area (Å²) in [5.74, 6) is 0.174. The lowest BCUT2D eigenvalue weighted by molar-refractivity contribution is 0.0697. The molecule has 2 aromatic carbocycles. The lowest BCUT2D eigenvalue weighted by Crippen LogP contribution is -2.26. The molecule has 0 saturated carbocycles. The van der Waals surface area contributed by atoms with Crippen LogP contribution in [-0.4, -0.2) is 22.2 Å². The van der Waals surface area contributed by atoms with Crippen LogP contribution >= 0.6 is 23.2 Å². The van der Waals surface area contributed by atoms with Crippen molar-refractivity contribution in [1.29, 1.82) is 0 Å². The van der Waals surface area contributed by atoms with Crippen molar-refractivity contribution in [2.75, 3.05) is 6.61 Å². The van der Waals surface area contributed by atoms with E-state index in [-0.39, 0.29) is 22.8 Å². The first-order chi connectivity index (χ1) is 15.3. The van der Waals surface area contributed by atoms with Crippen LogP contribution in [0.1, 0.15) is 34.1 Å². The Bertz CT molecular complexity index is 1170. The Labute approximate surface area is 195 Å². The van der Waals surface area contributed by atoms with Crippen LogP contribution in [0.25, 0.3) is 0 Å². The Kier molecular flexibility index (Phi) is 7.83. The molecule has 1 aromatic heterocycles. The minimum atomic E-state index is -0.989. The van der Waals surface area contributed by atoms with E-state index in [9.17, 15) is 9.59 Å². The molecule has 0 fully saturated rings. The summed E-state index contributed by atoms with van der Waals surface area (Å²) in [6.45, 7) is 4.68. The smallest absolute Gasteiger partial charge is 0.335 e. The summed E-state index contributed by atoms with van der Waals surface area (Å²) in [5, 5.41) is 9.38. The summed E-state index contributed by atoms with van der Waals surface area (Å²) in [4.78, 5) is 23.8. The van der Waals surface area contributed by atoms with Gasteiger partial charge < -0.3 is 19.1 Å². The fraction of sp³-hybridized carbons (Fsp3) is 0.250. The summed E-state index contributed by atoms with van der Waals surface area (Å²) in [5.41, 5.74) is 2.21. The van der Waals surface area contributed by atoms with Gasteiger partial charge in [0.25, 0.3) is 5.56 Å². The Morgan fingerprint density at radius 2 is 1.72 bits per heavy atom. The van der Waals surface area contributed by atoms with Gasteiger partial charge in [0.15, 0.2) is 11.5 Å². The summed E-state index contributed by atoms with van der Waals surface area (Å²) in [6.07, 6.45) is 0.484. The molecule has 32 heavy (non-hydrogen) atoms. The van der Waals surface area contributed by atoms with Crippen molar-refractivity contribution in [3.05, 3.63) is 91.3 Å². The number of aryl methyl sites for hydroxylation is 2. The summed E-state index contributed by atoms with van der Waals surface area (Å²) in [7, 11) is 0. The molecule has 3 aromatic rings. The molecule has 0 spiro atoms. The van der Waals surface area contributed by atoms with E-state index in [0.29, 0.717) is 41.8 Å². The molecule has 0 atom stereocenters. The van der Waals surface area contributed by atoms with Crippen LogP contribution < -0.4 is 15.0 Å². The predicted molar refractivity (Wildman–Crippen MR) is 125 cm³/mol. The van der Waals surface area contributed by atoms with Crippen molar-refractivity contribution in [3.63, 3.8) is 0 Å². The first kappa shape index (κ1) is 23.7. The zero-order valence-electron chi connectivity index (χ0n) is 17.7. The number of benzene rings is 2. The molecule has 0 unspecified atom stereocenters. The van der Waals surface area contributed by atoms with E-state index in [2.05, 4.69) is 0 Å². The molecule has 8 heteroatoms. The SMILES string of the molecule is CCOc1ccc(C)cc1OCc1c(Cl)cc(Cl)c(=O)n1CCc1ccc(C(=O)O)cc1. The number of carboxylic acids is 1. The minimum Gasteiger partial charge on any atom is -0.490 e. The number of ether oxygens (including phenoxy) is 2. The topological polar surface area (TPSA) is 77.8 Å². The van der Waals surface area contributed by atoms with E-state index < -0.39 is 5.97 Å². The number of aromatic nitrogens is 1. The number of aromatic carboxylic acids is 1. The molecule has 168 valence electrons. The fourth-order valence-corrected chi connectivity index (χ4v) is 3.76. The number of carboxylic acid groups (broad SMARTS) is 1. The monoisotopic (exact) mass is 475 g/mol. The third-order valence-electron chi connectivity index (χ3n) is 4.89. The van der Waals surface area contributed by atoms with Crippen LogP contribution in [0, 0.1) is 6.92 Å². The molecule has 1 heterocycles. The highest BCUT2D eigenvalue weighted by Crippen LogP contribution is 2.30. The van der Waals surface area contributed by atoms with Gasteiger partial charge in [-0.1, -0.05) is 41.4 Å². The number of pyridine rings is 1. The Balaban J connectivity index is 1.85. The van der Waals surface area contributed by atoms with Crippen LogP contribution in [-0.2, 0) is 19.6 Å². The quantitative estimate of drug-likeness (QED) is 0.449. The van der Waals surface area contributed by atoms with Gasteiger partial charge in [0.1, 0.15) is 11.6 Å². The third kappa shape index (κ3) is 5.64. The molecular formula is C24H23Cl2NO5. The largest absolute Gasteiger partial charge is 0.490 e. The van der Waals surface area contributed by atoms with Crippen molar-refractivity contribution in [2.45, 2.75) is 33.4 Å².